The molecule has 25 heavy (non-hydrogen) atoms. The molecule has 0 unspecified atom stereocenters. The molecule has 1 fully saturated rings. The fourth-order valence-corrected chi connectivity index (χ4v) is 2.91. The van der Waals surface area contributed by atoms with E-state index in [0.29, 0.717) is 43.9 Å². The third-order valence-electron chi connectivity index (χ3n) is 4.39. The Bertz CT molecular complexity index is 766. The van der Waals surface area contributed by atoms with Gasteiger partial charge >= 0.3 is 0 Å². The Hall–Kier alpha value is -3.02. The van der Waals surface area contributed by atoms with E-state index in [0.717, 1.165) is 5.56 Å². The van der Waals surface area contributed by atoms with Gasteiger partial charge in [-0.3, -0.25) is 9.59 Å². The molecule has 0 saturated carbocycles. The van der Waals surface area contributed by atoms with E-state index in [1.165, 1.54) is 6.07 Å². The number of anilines is 1. The Morgan fingerprint density at radius 2 is 1.52 bits per heavy atom. The number of hydrogen-bond donors (Lipinski definition) is 2. The molecule has 0 aromatic heterocycles. The van der Waals surface area contributed by atoms with Gasteiger partial charge < -0.3 is 20.6 Å². The molecule has 1 aliphatic heterocycles. The summed E-state index contributed by atoms with van der Waals surface area (Å²) in [4.78, 5) is 28.3. The van der Waals surface area contributed by atoms with Gasteiger partial charge in [-0.1, -0.05) is 24.3 Å². The maximum Gasteiger partial charge on any atom is 0.257 e. The van der Waals surface area contributed by atoms with E-state index in [-0.39, 0.29) is 17.6 Å². The molecule has 130 valence electrons. The number of carbonyl (C=O) groups is 2. The van der Waals surface area contributed by atoms with Crippen molar-refractivity contribution in [1.82, 2.24) is 9.80 Å². The number of rotatable bonds is 3. The number of nitrogens with two attached hydrogens (primary N) is 1. The quantitative estimate of drug-likeness (QED) is 0.830. The molecule has 3 N–H and O–H groups in total. The van der Waals surface area contributed by atoms with Crippen LogP contribution in [0.25, 0.3) is 0 Å². The van der Waals surface area contributed by atoms with Gasteiger partial charge in [-0.05, 0) is 29.8 Å². The number of para-hydroxylation sites is 1. The van der Waals surface area contributed by atoms with Crippen LogP contribution in [0.15, 0.2) is 48.5 Å². The topological polar surface area (TPSA) is 86.9 Å². The number of phenols is 1. The molecule has 2 aromatic rings. The number of carbonyl (C=O) groups excluding carboxylic acids is 2. The summed E-state index contributed by atoms with van der Waals surface area (Å²) in [5.74, 6) is -0.183. The summed E-state index contributed by atoms with van der Waals surface area (Å²) in [5, 5.41) is 9.81. The lowest BCUT2D eigenvalue weighted by molar-refractivity contribution is -0.131. The third-order valence-corrected chi connectivity index (χ3v) is 4.39. The van der Waals surface area contributed by atoms with Crippen molar-refractivity contribution >= 4 is 17.5 Å². The van der Waals surface area contributed by atoms with Crippen LogP contribution in [-0.2, 0) is 11.2 Å². The first-order valence-electron chi connectivity index (χ1n) is 8.24. The second-order valence-electron chi connectivity index (χ2n) is 6.11. The Morgan fingerprint density at radius 3 is 2.16 bits per heavy atom. The van der Waals surface area contributed by atoms with Crippen LogP contribution < -0.4 is 5.73 Å². The van der Waals surface area contributed by atoms with Gasteiger partial charge in [-0.25, -0.2) is 0 Å². The van der Waals surface area contributed by atoms with Gasteiger partial charge in [0.1, 0.15) is 5.75 Å². The standard InChI is InChI=1S/C19H21N3O3/c20-15-7-5-14(6-8-15)13-18(24)21-9-11-22(12-10-21)19(25)16-3-1-2-4-17(16)23/h1-8,23H,9-13,20H2. The molecule has 0 spiro atoms. The summed E-state index contributed by atoms with van der Waals surface area (Å²) in [5.41, 5.74) is 7.54. The minimum absolute atomic E-state index is 0.0191. The Balaban J connectivity index is 1.56. The fraction of sp³-hybridized carbons (Fsp3) is 0.263. The molecule has 1 aliphatic rings. The van der Waals surface area contributed by atoms with E-state index in [9.17, 15) is 14.7 Å². The number of piperazine rings is 1. The highest BCUT2D eigenvalue weighted by Gasteiger charge is 2.25. The summed E-state index contributed by atoms with van der Waals surface area (Å²) in [6, 6.07) is 13.8. The highest BCUT2D eigenvalue weighted by Crippen LogP contribution is 2.19. The van der Waals surface area contributed by atoms with Crippen LogP contribution in [0.3, 0.4) is 0 Å². The zero-order chi connectivity index (χ0) is 17.8. The van der Waals surface area contributed by atoms with E-state index in [4.69, 9.17) is 5.73 Å². The fourth-order valence-electron chi connectivity index (χ4n) is 2.91. The molecule has 6 nitrogen and oxygen atoms in total. The van der Waals surface area contributed by atoms with Crippen molar-refractivity contribution in [2.24, 2.45) is 0 Å². The summed E-state index contributed by atoms with van der Waals surface area (Å²) < 4.78 is 0. The van der Waals surface area contributed by atoms with Crippen molar-refractivity contribution in [3.8, 4) is 5.75 Å². The maximum atomic E-state index is 12.5. The van der Waals surface area contributed by atoms with Crippen molar-refractivity contribution in [2.75, 3.05) is 31.9 Å². The third kappa shape index (κ3) is 3.91. The first kappa shape index (κ1) is 16.8. The van der Waals surface area contributed by atoms with Crippen molar-refractivity contribution < 1.29 is 14.7 Å². The van der Waals surface area contributed by atoms with Gasteiger partial charge in [0, 0.05) is 31.9 Å². The van der Waals surface area contributed by atoms with E-state index in [1.54, 1.807) is 40.1 Å². The van der Waals surface area contributed by atoms with Crippen LogP contribution in [0.4, 0.5) is 5.69 Å². The predicted molar refractivity (Wildman–Crippen MR) is 95.1 cm³/mol. The molecule has 2 amide bonds. The Morgan fingerprint density at radius 1 is 0.920 bits per heavy atom. The number of phenolic OH excluding ortho intramolecular Hbond substituents is 1. The van der Waals surface area contributed by atoms with Crippen LogP contribution in [0.5, 0.6) is 5.75 Å². The van der Waals surface area contributed by atoms with Crippen molar-refractivity contribution in [3.05, 3.63) is 59.7 Å². The second-order valence-corrected chi connectivity index (χ2v) is 6.11. The Labute approximate surface area is 146 Å². The largest absolute Gasteiger partial charge is 0.507 e. The molecule has 0 radical (unpaired) electrons. The first-order valence-corrected chi connectivity index (χ1v) is 8.24. The van der Waals surface area contributed by atoms with Gasteiger partial charge in [0.25, 0.3) is 5.91 Å². The molecule has 6 heteroatoms. The van der Waals surface area contributed by atoms with Gasteiger partial charge in [-0.15, -0.1) is 0 Å². The molecule has 0 atom stereocenters. The van der Waals surface area contributed by atoms with Crippen molar-refractivity contribution in [2.45, 2.75) is 6.42 Å². The Kier molecular flexibility index (Phi) is 4.88. The minimum Gasteiger partial charge on any atom is -0.507 e. The van der Waals surface area contributed by atoms with E-state index in [2.05, 4.69) is 0 Å². The van der Waals surface area contributed by atoms with Crippen molar-refractivity contribution in [1.29, 1.82) is 0 Å². The summed E-state index contributed by atoms with van der Waals surface area (Å²) in [7, 11) is 0. The molecule has 0 bridgehead atoms. The zero-order valence-corrected chi connectivity index (χ0v) is 13.9. The molecule has 1 heterocycles. The minimum atomic E-state index is -0.205. The van der Waals surface area contributed by atoms with Crippen LogP contribution in [0.1, 0.15) is 15.9 Å². The number of aromatic hydroxyl groups is 1. The van der Waals surface area contributed by atoms with E-state index in [1.807, 2.05) is 12.1 Å². The van der Waals surface area contributed by atoms with Crippen LogP contribution >= 0.6 is 0 Å². The van der Waals surface area contributed by atoms with Crippen LogP contribution in [0.2, 0.25) is 0 Å². The summed E-state index contributed by atoms with van der Waals surface area (Å²) >= 11 is 0. The van der Waals surface area contributed by atoms with Gasteiger partial charge in [-0.2, -0.15) is 0 Å². The van der Waals surface area contributed by atoms with Crippen LogP contribution in [-0.4, -0.2) is 52.9 Å². The smallest absolute Gasteiger partial charge is 0.257 e. The van der Waals surface area contributed by atoms with Crippen LogP contribution in [0, 0.1) is 0 Å². The summed E-state index contributed by atoms with van der Waals surface area (Å²) in [6.07, 6.45) is 0.327. The zero-order valence-electron chi connectivity index (χ0n) is 13.9. The lowest BCUT2D eigenvalue weighted by Gasteiger charge is -2.35. The van der Waals surface area contributed by atoms with Gasteiger partial charge in [0.2, 0.25) is 5.91 Å². The average Bonchev–Trinajstić information content (AvgIpc) is 2.63. The number of nitrogens with zero attached hydrogens (tertiary/aromatic N) is 2. The monoisotopic (exact) mass is 339 g/mol. The number of amides is 2. The van der Waals surface area contributed by atoms with E-state index < -0.39 is 0 Å². The molecule has 1 saturated heterocycles. The second kappa shape index (κ2) is 7.25. The summed E-state index contributed by atoms with van der Waals surface area (Å²) in [6.45, 7) is 1.90. The van der Waals surface area contributed by atoms with Gasteiger partial charge in [0.05, 0.1) is 12.0 Å². The maximum absolute atomic E-state index is 12.5. The lowest BCUT2D eigenvalue weighted by atomic mass is 10.1. The molecular formula is C19H21N3O3. The number of benzene rings is 2. The normalized spacial score (nSPS) is 14.4. The van der Waals surface area contributed by atoms with Crippen molar-refractivity contribution in [3.63, 3.8) is 0 Å². The molecular weight excluding hydrogens is 318 g/mol. The predicted octanol–water partition coefficient (Wildman–Crippen LogP) is 1.50. The highest BCUT2D eigenvalue weighted by atomic mass is 16.3. The van der Waals surface area contributed by atoms with E-state index >= 15 is 0 Å². The number of nitrogen functional groups attached to an aromatic ring is 1. The first-order chi connectivity index (χ1) is 12.0. The SMILES string of the molecule is Nc1ccc(CC(=O)N2CCN(C(=O)c3ccccc3O)CC2)cc1. The molecule has 0 aliphatic carbocycles. The molecule has 2 aromatic carbocycles. The average molecular weight is 339 g/mol. The lowest BCUT2D eigenvalue weighted by Crippen LogP contribution is -2.51. The van der Waals surface area contributed by atoms with Gasteiger partial charge in [0.15, 0.2) is 0 Å². The highest BCUT2D eigenvalue weighted by molar-refractivity contribution is 5.97. The number of hydrogen-bond acceptors (Lipinski definition) is 4. The molecule has 3 rings (SSSR count).